The number of hydrogen-bond donors (Lipinski definition) is 1. The molecule has 70 valence electrons. The molecule has 1 saturated carbocycles. The van der Waals surface area contributed by atoms with E-state index in [0.717, 1.165) is 24.4 Å². The van der Waals surface area contributed by atoms with Crippen LogP contribution in [0.3, 0.4) is 0 Å². The summed E-state index contributed by atoms with van der Waals surface area (Å²) in [6.45, 7) is 2.10. The third kappa shape index (κ3) is 1.97. The van der Waals surface area contributed by atoms with Gasteiger partial charge in [-0.25, -0.2) is 4.98 Å². The van der Waals surface area contributed by atoms with E-state index >= 15 is 0 Å². The first kappa shape index (κ1) is 8.48. The Kier molecular flexibility index (Phi) is 2.17. The lowest BCUT2D eigenvalue weighted by Crippen LogP contribution is -2.12. The first-order valence-electron chi connectivity index (χ1n) is 4.89. The molecule has 1 aliphatic carbocycles. The molecular formula is C10H14N2O. The topological polar surface area (TPSA) is 45.8 Å². The van der Waals surface area contributed by atoms with Crippen molar-refractivity contribution < 1.29 is 0 Å². The van der Waals surface area contributed by atoms with Gasteiger partial charge in [-0.05, 0) is 19.3 Å². The summed E-state index contributed by atoms with van der Waals surface area (Å²) in [5.41, 5.74) is 0.938. The number of nitrogens with one attached hydrogen (secondary N) is 1. The maximum atomic E-state index is 11.2. The fourth-order valence-electron chi connectivity index (χ4n) is 1.46. The highest BCUT2D eigenvalue weighted by Crippen LogP contribution is 2.37. The molecular weight excluding hydrogens is 164 g/mol. The molecule has 3 nitrogen and oxygen atoms in total. The number of aromatic amines is 1. The number of rotatable bonds is 3. The van der Waals surface area contributed by atoms with E-state index in [-0.39, 0.29) is 5.56 Å². The predicted molar refractivity (Wildman–Crippen MR) is 50.8 cm³/mol. The van der Waals surface area contributed by atoms with Crippen LogP contribution in [0.15, 0.2) is 10.9 Å². The van der Waals surface area contributed by atoms with Gasteiger partial charge in [0.25, 0.3) is 5.56 Å². The lowest BCUT2D eigenvalue weighted by Gasteiger charge is -2.00. The minimum atomic E-state index is 0.000324. The van der Waals surface area contributed by atoms with E-state index in [9.17, 15) is 4.79 Å². The number of H-pyrrole nitrogens is 1. The predicted octanol–water partition coefficient (Wildman–Crippen LogP) is 1.60. The molecule has 0 aliphatic heterocycles. The Morgan fingerprint density at radius 1 is 1.62 bits per heavy atom. The molecule has 13 heavy (non-hydrogen) atoms. The van der Waals surface area contributed by atoms with E-state index in [1.54, 1.807) is 6.07 Å². The van der Waals surface area contributed by atoms with Crippen LogP contribution in [0.4, 0.5) is 0 Å². The number of aromatic nitrogens is 2. The Bertz CT molecular complexity index is 352. The Hall–Kier alpha value is -1.12. The Balaban J connectivity index is 2.30. The molecule has 0 aromatic carbocycles. The molecule has 1 heterocycles. The molecule has 1 fully saturated rings. The van der Waals surface area contributed by atoms with Crippen LogP contribution >= 0.6 is 0 Å². The molecule has 0 atom stereocenters. The van der Waals surface area contributed by atoms with Crippen LogP contribution in [0.5, 0.6) is 0 Å². The van der Waals surface area contributed by atoms with Crippen molar-refractivity contribution in [1.29, 1.82) is 0 Å². The van der Waals surface area contributed by atoms with Gasteiger partial charge in [0.1, 0.15) is 5.82 Å². The molecule has 1 N–H and O–H groups in total. The zero-order chi connectivity index (χ0) is 9.26. The largest absolute Gasteiger partial charge is 0.310 e. The summed E-state index contributed by atoms with van der Waals surface area (Å²) in [5, 5.41) is 0. The smallest absolute Gasteiger partial charge is 0.251 e. The van der Waals surface area contributed by atoms with E-state index < -0.39 is 0 Å². The van der Waals surface area contributed by atoms with Gasteiger partial charge in [-0.3, -0.25) is 4.79 Å². The van der Waals surface area contributed by atoms with Crippen molar-refractivity contribution >= 4 is 0 Å². The maximum absolute atomic E-state index is 11.2. The second-order valence-electron chi connectivity index (χ2n) is 3.65. The van der Waals surface area contributed by atoms with Crippen molar-refractivity contribution in [3.05, 3.63) is 27.9 Å². The van der Waals surface area contributed by atoms with E-state index in [1.807, 2.05) is 0 Å². The first-order valence-corrected chi connectivity index (χ1v) is 4.89. The summed E-state index contributed by atoms with van der Waals surface area (Å²) in [5.74, 6) is 1.43. The lowest BCUT2D eigenvalue weighted by molar-refractivity contribution is 0.819. The molecule has 0 bridgehead atoms. The molecule has 0 unspecified atom stereocenters. The average molecular weight is 178 g/mol. The highest BCUT2D eigenvalue weighted by molar-refractivity contribution is 5.10. The summed E-state index contributed by atoms with van der Waals surface area (Å²) < 4.78 is 0. The molecule has 1 aromatic rings. The fraction of sp³-hybridized carbons (Fsp3) is 0.600. The van der Waals surface area contributed by atoms with Gasteiger partial charge in [0.2, 0.25) is 0 Å². The van der Waals surface area contributed by atoms with Crippen molar-refractivity contribution in [1.82, 2.24) is 9.97 Å². The maximum Gasteiger partial charge on any atom is 0.251 e. The van der Waals surface area contributed by atoms with Crippen LogP contribution in [0.2, 0.25) is 0 Å². The number of aryl methyl sites for hydroxylation is 1. The highest BCUT2D eigenvalue weighted by atomic mass is 16.1. The molecule has 1 aliphatic rings. The molecule has 0 amide bonds. The number of hydrogen-bond acceptors (Lipinski definition) is 2. The van der Waals surface area contributed by atoms with Gasteiger partial charge < -0.3 is 4.98 Å². The van der Waals surface area contributed by atoms with Crippen LogP contribution < -0.4 is 5.56 Å². The minimum absolute atomic E-state index is 0.000324. The molecule has 0 radical (unpaired) electrons. The van der Waals surface area contributed by atoms with Gasteiger partial charge in [0.15, 0.2) is 0 Å². The Morgan fingerprint density at radius 3 is 3.00 bits per heavy atom. The second-order valence-corrected chi connectivity index (χ2v) is 3.65. The van der Waals surface area contributed by atoms with Crippen LogP contribution in [-0.4, -0.2) is 9.97 Å². The Morgan fingerprint density at radius 2 is 2.38 bits per heavy atom. The van der Waals surface area contributed by atoms with E-state index in [1.165, 1.54) is 12.8 Å². The van der Waals surface area contributed by atoms with Gasteiger partial charge in [-0.15, -0.1) is 0 Å². The molecule has 0 saturated heterocycles. The van der Waals surface area contributed by atoms with E-state index in [2.05, 4.69) is 16.9 Å². The van der Waals surface area contributed by atoms with Crippen molar-refractivity contribution in [2.75, 3.05) is 0 Å². The molecule has 0 spiro atoms. The minimum Gasteiger partial charge on any atom is -0.310 e. The zero-order valence-electron chi connectivity index (χ0n) is 7.84. The van der Waals surface area contributed by atoms with Crippen LogP contribution in [0.25, 0.3) is 0 Å². The zero-order valence-corrected chi connectivity index (χ0v) is 7.84. The normalized spacial score (nSPS) is 16.1. The Labute approximate surface area is 77.2 Å². The fourth-order valence-corrected chi connectivity index (χ4v) is 1.46. The van der Waals surface area contributed by atoms with Crippen LogP contribution in [0, 0.1) is 0 Å². The summed E-state index contributed by atoms with van der Waals surface area (Å²) in [4.78, 5) is 18.5. The van der Waals surface area contributed by atoms with Crippen molar-refractivity contribution in [3.8, 4) is 0 Å². The van der Waals surface area contributed by atoms with Gasteiger partial charge in [0, 0.05) is 17.7 Å². The third-order valence-corrected chi connectivity index (χ3v) is 2.28. The van der Waals surface area contributed by atoms with Crippen LogP contribution in [0.1, 0.15) is 43.6 Å². The summed E-state index contributed by atoms with van der Waals surface area (Å²) >= 11 is 0. The monoisotopic (exact) mass is 178 g/mol. The second kappa shape index (κ2) is 3.32. The van der Waals surface area contributed by atoms with Crippen molar-refractivity contribution in [2.45, 2.75) is 38.5 Å². The van der Waals surface area contributed by atoms with Gasteiger partial charge >= 0.3 is 0 Å². The molecule has 1 aromatic heterocycles. The van der Waals surface area contributed by atoms with Gasteiger partial charge in [-0.2, -0.15) is 0 Å². The highest BCUT2D eigenvalue weighted by Gasteiger charge is 2.26. The quantitative estimate of drug-likeness (QED) is 0.764. The molecule has 3 heteroatoms. The SMILES string of the molecule is CCCc1cc(=O)[nH]c(C2CC2)n1. The van der Waals surface area contributed by atoms with Crippen molar-refractivity contribution in [3.63, 3.8) is 0 Å². The van der Waals surface area contributed by atoms with Crippen molar-refractivity contribution in [2.24, 2.45) is 0 Å². The summed E-state index contributed by atoms with van der Waals surface area (Å²) in [7, 11) is 0. The van der Waals surface area contributed by atoms with E-state index in [4.69, 9.17) is 0 Å². The summed E-state index contributed by atoms with van der Waals surface area (Å²) in [6, 6.07) is 1.61. The average Bonchev–Trinajstić information content (AvgIpc) is 2.85. The van der Waals surface area contributed by atoms with Gasteiger partial charge in [-0.1, -0.05) is 13.3 Å². The molecule has 2 rings (SSSR count). The number of nitrogens with zero attached hydrogens (tertiary/aromatic N) is 1. The lowest BCUT2D eigenvalue weighted by atomic mass is 10.2. The summed E-state index contributed by atoms with van der Waals surface area (Å²) in [6.07, 6.45) is 4.31. The third-order valence-electron chi connectivity index (χ3n) is 2.28. The van der Waals surface area contributed by atoms with Crippen LogP contribution in [-0.2, 0) is 6.42 Å². The standard InChI is InChI=1S/C10H14N2O/c1-2-3-8-6-9(13)12-10(11-8)7-4-5-7/h6-7H,2-5H2,1H3,(H,11,12,13). The van der Waals surface area contributed by atoms with E-state index in [0.29, 0.717) is 5.92 Å². The first-order chi connectivity index (χ1) is 6.29. The van der Waals surface area contributed by atoms with Gasteiger partial charge in [0.05, 0.1) is 0 Å².